The molecule has 0 aliphatic carbocycles. The molecule has 2 fully saturated rings. The van der Waals surface area contributed by atoms with Crippen LogP contribution in [0.25, 0.3) is 5.69 Å². The van der Waals surface area contributed by atoms with Gasteiger partial charge in [0.25, 0.3) is 0 Å². The minimum atomic E-state index is -0.0273. The number of aryl methyl sites for hydroxylation is 1. The van der Waals surface area contributed by atoms with Crippen LogP contribution in [0.3, 0.4) is 0 Å². The van der Waals surface area contributed by atoms with E-state index in [-0.39, 0.29) is 6.03 Å². The number of piperidine rings is 1. The molecule has 1 aromatic heterocycles. The predicted octanol–water partition coefficient (Wildman–Crippen LogP) is 2.88. The number of amides is 2. The topological polar surface area (TPSA) is 53.4 Å². The number of likely N-dealkylation sites (N-methyl/N-ethyl adjacent to an activating group) is 1. The first-order valence-corrected chi connectivity index (χ1v) is 9.03. The van der Waals surface area contributed by atoms with Gasteiger partial charge in [0.2, 0.25) is 0 Å². The van der Waals surface area contributed by atoms with Crippen molar-refractivity contribution in [2.24, 2.45) is 0 Å². The summed E-state index contributed by atoms with van der Waals surface area (Å²) >= 11 is 0. The molecule has 6 nitrogen and oxygen atoms in total. The van der Waals surface area contributed by atoms with Crippen molar-refractivity contribution in [2.45, 2.75) is 38.3 Å². The third-order valence-electron chi connectivity index (χ3n) is 5.47. The van der Waals surface area contributed by atoms with Crippen molar-refractivity contribution in [2.75, 3.05) is 25.5 Å². The summed E-state index contributed by atoms with van der Waals surface area (Å²) in [4.78, 5) is 17.2. The Balaban J connectivity index is 1.48. The van der Waals surface area contributed by atoms with E-state index in [1.165, 1.54) is 0 Å². The van der Waals surface area contributed by atoms with Crippen LogP contribution < -0.4 is 5.32 Å². The monoisotopic (exact) mass is 339 g/mol. The number of nitrogens with one attached hydrogen (secondary N) is 1. The standard InChI is InChI=1S/C19H25N5O/c1-14-13-18(21-24(14)15-7-4-3-5-8-15)20-19(25)23-12-10-16-17(23)9-6-11-22(16)2/h3-5,7-8,13,16-17H,6,9-12H2,1-2H3,(H,20,21,25). The third-order valence-corrected chi connectivity index (χ3v) is 5.47. The number of urea groups is 1. The van der Waals surface area contributed by atoms with Gasteiger partial charge < -0.3 is 9.80 Å². The lowest BCUT2D eigenvalue weighted by molar-refractivity contribution is 0.129. The maximum Gasteiger partial charge on any atom is 0.323 e. The zero-order valence-corrected chi connectivity index (χ0v) is 14.9. The number of nitrogens with zero attached hydrogens (tertiary/aromatic N) is 4. The number of benzene rings is 1. The van der Waals surface area contributed by atoms with Gasteiger partial charge in [-0.1, -0.05) is 18.2 Å². The molecule has 0 saturated carbocycles. The lowest BCUT2D eigenvalue weighted by atomic mass is 9.98. The number of aromatic nitrogens is 2. The maximum atomic E-state index is 12.8. The highest BCUT2D eigenvalue weighted by Gasteiger charge is 2.40. The average molecular weight is 339 g/mol. The van der Waals surface area contributed by atoms with Gasteiger partial charge in [0.1, 0.15) is 0 Å². The largest absolute Gasteiger partial charge is 0.323 e. The third kappa shape index (κ3) is 3.02. The first-order chi connectivity index (χ1) is 12.1. The summed E-state index contributed by atoms with van der Waals surface area (Å²) in [5.74, 6) is 0.610. The molecule has 132 valence electrons. The maximum absolute atomic E-state index is 12.8. The van der Waals surface area contributed by atoms with Crippen molar-refractivity contribution in [3.05, 3.63) is 42.1 Å². The van der Waals surface area contributed by atoms with Gasteiger partial charge in [-0.3, -0.25) is 5.32 Å². The SMILES string of the molecule is Cc1cc(NC(=O)N2CCC3C2CCCN3C)nn1-c1ccccc1. The zero-order chi connectivity index (χ0) is 17.4. The van der Waals surface area contributed by atoms with Crippen LogP contribution in [0.15, 0.2) is 36.4 Å². The smallest absolute Gasteiger partial charge is 0.320 e. The number of anilines is 1. The fourth-order valence-corrected chi connectivity index (χ4v) is 4.21. The fraction of sp³-hybridized carbons (Fsp3) is 0.474. The molecule has 1 N–H and O–H groups in total. The van der Waals surface area contributed by atoms with Crippen molar-refractivity contribution >= 4 is 11.8 Å². The number of carbonyl (C=O) groups is 1. The van der Waals surface area contributed by atoms with Gasteiger partial charge in [-0.05, 0) is 51.9 Å². The number of carbonyl (C=O) groups excluding carboxylic acids is 1. The highest BCUT2D eigenvalue weighted by molar-refractivity contribution is 5.89. The van der Waals surface area contributed by atoms with Crippen LogP contribution in [-0.4, -0.2) is 57.8 Å². The molecule has 2 aliphatic rings. The average Bonchev–Trinajstić information content (AvgIpc) is 3.20. The zero-order valence-electron chi connectivity index (χ0n) is 14.9. The number of para-hydroxylation sites is 1. The second-order valence-corrected chi connectivity index (χ2v) is 7.09. The Morgan fingerprint density at radius 3 is 2.76 bits per heavy atom. The first kappa shape index (κ1) is 16.1. The summed E-state index contributed by atoms with van der Waals surface area (Å²) < 4.78 is 1.86. The van der Waals surface area contributed by atoms with Crippen LogP contribution in [-0.2, 0) is 0 Å². The molecule has 2 aliphatic heterocycles. The highest BCUT2D eigenvalue weighted by atomic mass is 16.2. The molecule has 1 aromatic carbocycles. The van der Waals surface area contributed by atoms with Crippen molar-refractivity contribution in [1.82, 2.24) is 19.6 Å². The van der Waals surface area contributed by atoms with Gasteiger partial charge in [0, 0.05) is 30.4 Å². The normalized spacial score (nSPS) is 23.5. The van der Waals surface area contributed by atoms with Crippen molar-refractivity contribution in [1.29, 1.82) is 0 Å². The molecule has 2 saturated heterocycles. The molecule has 2 aromatic rings. The van der Waals surface area contributed by atoms with E-state index in [0.717, 1.165) is 43.7 Å². The van der Waals surface area contributed by atoms with E-state index >= 15 is 0 Å². The van der Waals surface area contributed by atoms with Crippen LogP contribution in [0, 0.1) is 6.92 Å². The lowest BCUT2D eigenvalue weighted by Gasteiger charge is -2.37. The Morgan fingerprint density at radius 1 is 1.16 bits per heavy atom. The summed E-state index contributed by atoms with van der Waals surface area (Å²) in [7, 11) is 2.17. The summed E-state index contributed by atoms with van der Waals surface area (Å²) in [6.45, 7) is 3.96. The minimum absolute atomic E-state index is 0.0273. The van der Waals surface area contributed by atoms with Gasteiger partial charge in [0.15, 0.2) is 5.82 Å². The van der Waals surface area contributed by atoms with E-state index in [1.54, 1.807) is 0 Å². The number of hydrogen-bond acceptors (Lipinski definition) is 3. The molecular formula is C19H25N5O. The summed E-state index contributed by atoms with van der Waals surface area (Å²) in [5, 5.41) is 7.56. The van der Waals surface area contributed by atoms with E-state index in [4.69, 9.17) is 0 Å². The van der Waals surface area contributed by atoms with Crippen LogP contribution in [0.2, 0.25) is 0 Å². The molecule has 0 bridgehead atoms. The second kappa shape index (κ2) is 6.52. The number of rotatable bonds is 2. The second-order valence-electron chi connectivity index (χ2n) is 7.09. The molecule has 25 heavy (non-hydrogen) atoms. The van der Waals surface area contributed by atoms with Crippen molar-refractivity contribution in [3.8, 4) is 5.69 Å². The quantitative estimate of drug-likeness (QED) is 0.915. The van der Waals surface area contributed by atoms with Gasteiger partial charge in [-0.15, -0.1) is 5.10 Å². The van der Waals surface area contributed by atoms with Gasteiger partial charge >= 0.3 is 6.03 Å². The molecule has 2 atom stereocenters. The highest BCUT2D eigenvalue weighted by Crippen LogP contribution is 2.30. The Kier molecular flexibility index (Phi) is 4.21. The molecule has 6 heteroatoms. The van der Waals surface area contributed by atoms with Crippen LogP contribution >= 0.6 is 0 Å². The van der Waals surface area contributed by atoms with E-state index in [2.05, 4.69) is 22.4 Å². The van der Waals surface area contributed by atoms with Crippen LogP contribution in [0.5, 0.6) is 0 Å². The van der Waals surface area contributed by atoms with Gasteiger partial charge in [0.05, 0.1) is 5.69 Å². The molecule has 4 rings (SSSR count). The number of fused-ring (bicyclic) bond motifs is 1. The molecular weight excluding hydrogens is 314 g/mol. The summed E-state index contributed by atoms with van der Waals surface area (Å²) in [6.07, 6.45) is 3.31. The van der Waals surface area contributed by atoms with E-state index in [0.29, 0.717) is 17.9 Å². The molecule has 2 unspecified atom stereocenters. The van der Waals surface area contributed by atoms with Gasteiger partial charge in [-0.2, -0.15) is 0 Å². The lowest BCUT2D eigenvalue weighted by Crippen LogP contribution is -2.50. The molecule has 0 spiro atoms. The number of hydrogen-bond donors (Lipinski definition) is 1. The Bertz CT molecular complexity index is 756. The molecule has 2 amide bonds. The predicted molar refractivity (Wildman–Crippen MR) is 98.1 cm³/mol. The fourth-order valence-electron chi connectivity index (χ4n) is 4.21. The van der Waals surface area contributed by atoms with E-state index < -0.39 is 0 Å². The summed E-state index contributed by atoms with van der Waals surface area (Å²) in [5.41, 5.74) is 1.99. The van der Waals surface area contributed by atoms with E-state index in [9.17, 15) is 4.79 Å². The van der Waals surface area contributed by atoms with Gasteiger partial charge in [-0.25, -0.2) is 9.48 Å². The van der Waals surface area contributed by atoms with Crippen LogP contribution in [0.4, 0.5) is 10.6 Å². The molecule has 0 radical (unpaired) electrons. The first-order valence-electron chi connectivity index (χ1n) is 9.03. The summed E-state index contributed by atoms with van der Waals surface area (Å²) in [6, 6.07) is 12.7. The van der Waals surface area contributed by atoms with Crippen LogP contribution in [0.1, 0.15) is 25.0 Å². The van der Waals surface area contributed by atoms with Crippen molar-refractivity contribution in [3.63, 3.8) is 0 Å². The molecule has 3 heterocycles. The van der Waals surface area contributed by atoms with E-state index in [1.807, 2.05) is 52.9 Å². The Hall–Kier alpha value is -2.34. The van der Waals surface area contributed by atoms with Crippen molar-refractivity contribution < 1.29 is 4.79 Å². The minimum Gasteiger partial charge on any atom is -0.320 e. The number of likely N-dealkylation sites (tertiary alicyclic amines) is 2. The Labute approximate surface area is 148 Å². The Morgan fingerprint density at radius 2 is 1.96 bits per heavy atom.